The first-order chi connectivity index (χ1) is 10.7. The summed E-state index contributed by atoms with van der Waals surface area (Å²) in [7, 11) is 0. The normalized spacial score (nSPS) is 16.1. The molecule has 6 heteroatoms. The fraction of sp³-hybridized carbons (Fsp3) is 0.529. The molecule has 23 heavy (non-hydrogen) atoms. The third-order valence-electron chi connectivity index (χ3n) is 3.59. The van der Waals surface area contributed by atoms with Gasteiger partial charge in [-0.15, -0.1) is 0 Å². The number of halogens is 1. The minimum Gasteiger partial charge on any atom is -0.444 e. The molecule has 0 atom stereocenters. The molecule has 0 aromatic heterocycles. The van der Waals surface area contributed by atoms with Gasteiger partial charge in [-0.3, -0.25) is 4.79 Å². The van der Waals surface area contributed by atoms with E-state index in [-0.39, 0.29) is 18.0 Å². The zero-order chi connectivity index (χ0) is 17.0. The fourth-order valence-corrected chi connectivity index (χ4v) is 2.76. The number of nitrogens with one attached hydrogen (secondary N) is 1. The molecule has 1 aromatic rings. The molecule has 0 radical (unpaired) electrons. The maximum absolute atomic E-state index is 12.2. The topological polar surface area (TPSA) is 58.6 Å². The molecular weight excluding hydrogens is 407 g/mol. The van der Waals surface area contributed by atoms with Gasteiger partial charge in [-0.25, -0.2) is 4.79 Å². The predicted molar refractivity (Wildman–Crippen MR) is 97.5 cm³/mol. The van der Waals surface area contributed by atoms with E-state index in [1.54, 1.807) is 4.90 Å². The summed E-state index contributed by atoms with van der Waals surface area (Å²) < 4.78 is 6.47. The van der Waals surface area contributed by atoms with Crippen LogP contribution in [0.1, 0.15) is 44.0 Å². The summed E-state index contributed by atoms with van der Waals surface area (Å²) in [6.07, 6.45) is 1.21. The number of benzene rings is 1. The summed E-state index contributed by atoms with van der Waals surface area (Å²) in [4.78, 5) is 25.9. The third kappa shape index (κ3) is 5.67. The summed E-state index contributed by atoms with van der Waals surface area (Å²) in [5, 5.41) is 3.04. The van der Waals surface area contributed by atoms with Crippen molar-refractivity contribution in [3.8, 4) is 0 Å². The average molecular weight is 430 g/mol. The summed E-state index contributed by atoms with van der Waals surface area (Å²) in [5.41, 5.74) is 0.187. The van der Waals surface area contributed by atoms with Gasteiger partial charge >= 0.3 is 6.09 Å². The molecule has 0 bridgehead atoms. The van der Waals surface area contributed by atoms with E-state index < -0.39 is 5.60 Å². The maximum atomic E-state index is 12.2. The number of nitrogens with zero attached hydrogens (tertiary/aromatic N) is 1. The van der Waals surface area contributed by atoms with Gasteiger partial charge < -0.3 is 15.0 Å². The second-order valence-corrected chi connectivity index (χ2v) is 7.97. The molecule has 0 aliphatic carbocycles. The number of piperidine rings is 1. The SMILES string of the molecule is CC(C)(C)OC(=O)N1CCC(NC(=O)c2ccc(I)cc2)CC1. The van der Waals surface area contributed by atoms with Crippen LogP contribution in [0, 0.1) is 3.57 Å². The van der Waals surface area contributed by atoms with Gasteiger partial charge in [0.25, 0.3) is 5.91 Å². The Kier molecular flexibility index (Phi) is 5.89. The number of hydrogen-bond donors (Lipinski definition) is 1. The van der Waals surface area contributed by atoms with E-state index in [0.29, 0.717) is 18.7 Å². The number of amides is 2. The van der Waals surface area contributed by atoms with Crippen LogP contribution in [0.15, 0.2) is 24.3 Å². The van der Waals surface area contributed by atoms with Gasteiger partial charge in [-0.2, -0.15) is 0 Å². The Balaban J connectivity index is 1.81. The molecular formula is C17H23IN2O3. The molecule has 5 nitrogen and oxygen atoms in total. The third-order valence-corrected chi connectivity index (χ3v) is 4.31. The Morgan fingerprint density at radius 3 is 2.26 bits per heavy atom. The van der Waals surface area contributed by atoms with Gasteiger partial charge in [0, 0.05) is 28.3 Å². The summed E-state index contributed by atoms with van der Waals surface area (Å²) in [6.45, 7) is 6.79. The number of hydrogen-bond acceptors (Lipinski definition) is 3. The van der Waals surface area contributed by atoms with E-state index in [2.05, 4.69) is 27.9 Å². The van der Waals surface area contributed by atoms with Gasteiger partial charge in [0.05, 0.1) is 0 Å². The second kappa shape index (κ2) is 7.51. The van der Waals surface area contributed by atoms with Gasteiger partial charge in [-0.05, 0) is 80.5 Å². The lowest BCUT2D eigenvalue weighted by Crippen LogP contribution is -2.47. The van der Waals surface area contributed by atoms with Crippen LogP contribution in [0.2, 0.25) is 0 Å². The van der Waals surface area contributed by atoms with Crippen LogP contribution in [0.25, 0.3) is 0 Å². The lowest BCUT2D eigenvalue weighted by Gasteiger charge is -2.33. The van der Waals surface area contributed by atoms with E-state index >= 15 is 0 Å². The Morgan fingerprint density at radius 1 is 1.17 bits per heavy atom. The molecule has 0 saturated carbocycles. The zero-order valence-corrected chi connectivity index (χ0v) is 15.9. The maximum Gasteiger partial charge on any atom is 0.410 e. The lowest BCUT2D eigenvalue weighted by atomic mass is 10.0. The van der Waals surface area contributed by atoms with E-state index in [1.807, 2.05) is 45.0 Å². The Labute approximate surface area is 150 Å². The number of carbonyl (C=O) groups excluding carboxylic acids is 2. The highest BCUT2D eigenvalue weighted by Crippen LogP contribution is 2.16. The van der Waals surface area contributed by atoms with Crippen molar-refractivity contribution in [3.63, 3.8) is 0 Å². The van der Waals surface area contributed by atoms with Crippen LogP contribution in [-0.2, 0) is 4.74 Å². The lowest BCUT2D eigenvalue weighted by molar-refractivity contribution is 0.0199. The van der Waals surface area contributed by atoms with Crippen molar-refractivity contribution in [3.05, 3.63) is 33.4 Å². The van der Waals surface area contributed by atoms with Gasteiger partial charge in [0.1, 0.15) is 5.60 Å². The quantitative estimate of drug-likeness (QED) is 0.732. The highest BCUT2D eigenvalue weighted by atomic mass is 127. The molecule has 1 fully saturated rings. The van der Waals surface area contributed by atoms with Gasteiger partial charge in [0.15, 0.2) is 0 Å². The monoisotopic (exact) mass is 430 g/mol. The molecule has 1 aliphatic rings. The van der Waals surface area contributed by atoms with E-state index in [0.717, 1.165) is 16.4 Å². The van der Waals surface area contributed by atoms with E-state index in [4.69, 9.17) is 4.74 Å². The highest BCUT2D eigenvalue weighted by Gasteiger charge is 2.27. The molecule has 1 saturated heterocycles. The minimum atomic E-state index is -0.479. The molecule has 1 heterocycles. The fourth-order valence-electron chi connectivity index (χ4n) is 2.40. The van der Waals surface area contributed by atoms with Crippen molar-refractivity contribution in [2.24, 2.45) is 0 Å². The summed E-state index contributed by atoms with van der Waals surface area (Å²) >= 11 is 2.21. The molecule has 1 N–H and O–H groups in total. The van der Waals surface area contributed by atoms with Crippen LogP contribution in [0.5, 0.6) is 0 Å². The van der Waals surface area contributed by atoms with Crippen LogP contribution in [0.4, 0.5) is 4.79 Å². The Morgan fingerprint density at radius 2 is 1.74 bits per heavy atom. The molecule has 1 aliphatic heterocycles. The van der Waals surface area contributed by atoms with Crippen LogP contribution < -0.4 is 5.32 Å². The molecule has 1 aromatic carbocycles. The summed E-state index contributed by atoms with van der Waals surface area (Å²) in [5.74, 6) is -0.0582. The van der Waals surface area contributed by atoms with Crippen molar-refractivity contribution in [2.45, 2.75) is 45.3 Å². The largest absolute Gasteiger partial charge is 0.444 e. The zero-order valence-electron chi connectivity index (χ0n) is 13.8. The van der Waals surface area contributed by atoms with Crippen molar-refractivity contribution in [1.29, 1.82) is 0 Å². The molecule has 126 valence electrons. The first-order valence-corrected chi connectivity index (χ1v) is 8.87. The first kappa shape index (κ1) is 18.0. The Hall–Kier alpha value is -1.31. The Bertz CT molecular complexity index is 558. The van der Waals surface area contributed by atoms with E-state index in [1.165, 1.54) is 0 Å². The van der Waals surface area contributed by atoms with Crippen molar-refractivity contribution >= 4 is 34.6 Å². The van der Waals surface area contributed by atoms with Crippen LogP contribution in [0.3, 0.4) is 0 Å². The molecule has 2 rings (SSSR count). The van der Waals surface area contributed by atoms with Crippen molar-refractivity contribution < 1.29 is 14.3 Å². The number of carbonyl (C=O) groups is 2. The molecule has 0 unspecified atom stereocenters. The molecule has 0 spiro atoms. The van der Waals surface area contributed by atoms with Crippen molar-refractivity contribution in [2.75, 3.05) is 13.1 Å². The van der Waals surface area contributed by atoms with Crippen LogP contribution >= 0.6 is 22.6 Å². The number of rotatable bonds is 2. The van der Waals surface area contributed by atoms with Gasteiger partial charge in [-0.1, -0.05) is 0 Å². The predicted octanol–water partition coefficient (Wildman–Crippen LogP) is 3.42. The average Bonchev–Trinajstić information content (AvgIpc) is 2.46. The van der Waals surface area contributed by atoms with Crippen LogP contribution in [-0.4, -0.2) is 41.6 Å². The smallest absolute Gasteiger partial charge is 0.410 e. The number of likely N-dealkylation sites (tertiary alicyclic amines) is 1. The standard InChI is InChI=1S/C17H23IN2O3/c1-17(2,3)23-16(22)20-10-8-14(9-11-20)19-15(21)12-4-6-13(18)7-5-12/h4-7,14H,8-11H2,1-3H3,(H,19,21). The summed E-state index contributed by atoms with van der Waals surface area (Å²) in [6, 6.07) is 7.58. The van der Waals surface area contributed by atoms with Crippen molar-refractivity contribution in [1.82, 2.24) is 10.2 Å². The first-order valence-electron chi connectivity index (χ1n) is 7.79. The number of ether oxygens (including phenoxy) is 1. The van der Waals surface area contributed by atoms with E-state index in [9.17, 15) is 9.59 Å². The highest BCUT2D eigenvalue weighted by molar-refractivity contribution is 14.1. The minimum absolute atomic E-state index is 0.0582. The second-order valence-electron chi connectivity index (χ2n) is 6.72. The molecule has 2 amide bonds. The van der Waals surface area contributed by atoms with Gasteiger partial charge in [0.2, 0.25) is 0 Å².